The first-order valence-corrected chi connectivity index (χ1v) is 11.3. The number of halogens is 3. The lowest BCUT2D eigenvalue weighted by molar-refractivity contribution is -0.136. The summed E-state index contributed by atoms with van der Waals surface area (Å²) in [5, 5.41) is 6.57. The highest BCUT2D eigenvalue weighted by Crippen LogP contribution is 2.28. The number of carbonyl (C=O) groups is 2. The van der Waals surface area contributed by atoms with Gasteiger partial charge in [-0.2, -0.15) is 5.10 Å². The Morgan fingerprint density at radius 2 is 1.85 bits per heavy atom. The van der Waals surface area contributed by atoms with Gasteiger partial charge in [-0.15, -0.1) is 0 Å². The molecule has 2 amide bonds. The monoisotopic (exact) mass is 547 g/mol. The molecule has 0 spiro atoms. The summed E-state index contributed by atoms with van der Waals surface area (Å²) in [7, 11) is 0. The van der Waals surface area contributed by atoms with Gasteiger partial charge in [0, 0.05) is 5.56 Å². The van der Waals surface area contributed by atoms with Crippen LogP contribution >= 0.6 is 27.5 Å². The van der Waals surface area contributed by atoms with Crippen molar-refractivity contribution in [2.24, 2.45) is 5.10 Å². The number of anilines is 1. The molecule has 176 valence electrons. The zero-order chi connectivity index (χ0) is 24.5. The lowest BCUT2D eigenvalue weighted by Crippen LogP contribution is -2.32. The minimum absolute atomic E-state index is 0.0465. The number of rotatable bonds is 8. The Bertz CT molecular complexity index is 1200. The summed E-state index contributed by atoms with van der Waals surface area (Å²) in [6.45, 7) is 2.19. The molecule has 0 atom stereocenters. The van der Waals surface area contributed by atoms with Gasteiger partial charge >= 0.3 is 11.8 Å². The molecule has 0 heterocycles. The smallest absolute Gasteiger partial charge is 0.329 e. The third-order valence-corrected chi connectivity index (χ3v) is 5.38. The van der Waals surface area contributed by atoms with E-state index in [4.69, 9.17) is 21.1 Å². The third kappa shape index (κ3) is 6.79. The van der Waals surface area contributed by atoms with Crippen LogP contribution in [0.1, 0.15) is 18.1 Å². The predicted molar refractivity (Wildman–Crippen MR) is 132 cm³/mol. The Kier molecular flexibility index (Phi) is 9.00. The molecular formula is C24H20BrClFN3O4. The van der Waals surface area contributed by atoms with Crippen molar-refractivity contribution < 1.29 is 23.5 Å². The quantitative estimate of drug-likeness (QED) is 0.227. The third-order valence-electron chi connectivity index (χ3n) is 4.41. The van der Waals surface area contributed by atoms with Gasteiger partial charge in [0.25, 0.3) is 0 Å². The van der Waals surface area contributed by atoms with Crippen molar-refractivity contribution in [1.82, 2.24) is 5.43 Å². The van der Waals surface area contributed by atoms with E-state index in [9.17, 15) is 14.0 Å². The van der Waals surface area contributed by atoms with E-state index in [1.165, 1.54) is 18.3 Å². The molecule has 0 saturated carbocycles. The van der Waals surface area contributed by atoms with Crippen LogP contribution in [-0.4, -0.2) is 24.6 Å². The first-order chi connectivity index (χ1) is 16.4. The average Bonchev–Trinajstić information content (AvgIpc) is 2.81. The number of benzene rings is 3. The second kappa shape index (κ2) is 12.2. The summed E-state index contributed by atoms with van der Waals surface area (Å²) in [6, 6.07) is 16.2. The number of ether oxygens (including phenoxy) is 2. The highest BCUT2D eigenvalue weighted by Gasteiger charge is 2.15. The van der Waals surface area contributed by atoms with Crippen LogP contribution in [0.5, 0.6) is 11.5 Å². The number of hydrogen-bond acceptors (Lipinski definition) is 5. The fraction of sp³-hybridized carbons (Fsp3) is 0.125. The van der Waals surface area contributed by atoms with Crippen LogP contribution in [0.4, 0.5) is 10.1 Å². The Morgan fingerprint density at radius 3 is 2.59 bits per heavy atom. The van der Waals surface area contributed by atoms with Crippen LogP contribution in [0.25, 0.3) is 0 Å². The largest absolute Gasteiger partial charge is 0.492 e. The highest BCUT2D eigenvalue weighted by atomic mass is 79.9. The number of para-hydroxylation sites is 2. The van der Waals surface area contributed by atoms with Crippen molar-refractivity contribution in [3.05, 3.63) is 87.1 Å². The topological polar surface area (TPSA) is 89.0 Å². The Morgan fingerprint density at radius 1 is 1.06 bits per heavy atom. The van der Waals surface area contributed by atoms with Crippen molar-refractivity contribution in [1.29, 1.82) is 0 Å². The lowest BCUT2D eigenvalue weighted by atomic mass is 10.2. The molecule has 0 aliphatic rings. The number of carbonyl (C=O) groups excluding carboxylic acids is 2. The average molecular weight is 549 g/mol. The zero-order valence-corrected chi connectivity index (χ0v) is 20.3. The van der Waals surface area contributed by atoms with E-state index in [0.29, 0.717) is 33.8 Å². The molecule has 0 aromatic heterocycles. The van der Waals surface area contributed by atoms with E-state index in [-0.39, 0.29) is 17.2 Å². The number of nitrogens with zero attached hydrogens (tertiary/aromatic N) is 1. The maximum absolute atomic E-state index is 13.9. The summed E-state index contributed by atoms with van der Waals surface area (Å²) in [5.74, 6) is -1.36. The lowest BCUT2D eigenvalue weighted by Gasteiger charge is -2.11. The van der Waals surface area contributed by atoms with Crippen LogP contribution in [0, 0.1) is 5.82 Å². The minimum Gasteiger partial charge on any atom is -0.492 e. The van der Waals surface area contributed by atoms with E-state index in [0.717, 1.165) is 0 Å². The van der Waals surface area contributed by atoms with Gasteiger partial charge in [0.15, 0.2) is 0 Å². The SMILES string of the molecule is CCOc1ccccc1NC(=O)C(=O)N/N=C\c1ccc(OCc2c(F)cccc2Cl)c(Br)c1. The van der Waals surface area contributed by atoms with Crippen molar-refractivity contribution in [3.63, 3.8) is 0 Å². The van der Waals surface area contributed by atoms with E-state index in [2.05, 4.69) is 31.8 Å². The molecule has 0 unspecified atom stereocenters. The fourth-order valence-electron chi connectivity index (χ4n) is 2.78. The van der Waals surface area contributed by atoms with Crippen LogP contribution in [-0.2, 0) is 16.2 Å². The van der Waals surface area contributed by atoms with Gasteiger partial charge in [-0.05, 0) is 70.9 Å². The van der Waals surface area contributed by atoms with Crippen LogP contribution < -0.4 is 20.2 Å². The van der Waals surface area contributed by atoms with Crippen LogP contribution in [0.3, 0.4) is 0 Å². The summed E-state index contributed by atoms with van der Waals surface area (Å²) in [6.07, 6.45) is 1.36. The normalized spacial score (nSPS) is 10.7. The fourth-order valence-corrected chi connectivity index (χ4v) is 3.51. The Labute approximate surface area is 209 Å². The van der Waals surface area contributed by atoms with Gasteiger partial charge in [0.05, 0.1) is 28.0 Å². The summed E-state index contributed by atoms with van der Waals surface area (Å²) >= 11 is 9.40. The maximum Gasteiger partial charge on any atom is 0.329 e. The maximum atomic E-state index is 13.9. The van der Waals surface area contributed by atoms with Crippen molar-refractivity contribution in [2.75, 3.05) is 11.9 Å². The van der Waals surface area contributed by atoms with Gasteiger partial charge in [-0.25, -0.2) is 9.82 Å². The molecule has 3 aromatic carbocycles. The van der Waals surface area contributed by atoms with Crippen molar-refractivity contribution in [2.45, 2.75) is 13.5 Å². The van der Waals surface area contributed by atoms with Crippen molar-refractivity contribution >= 4 is 51.2 Å². The molecular weight excluding hydrogens is 529 g/mol. The first kappa shape index (κ1) is 25.2. The summed E-state index contributed by atoms with van der Waals surface area (Å²) in [4.78, 5) is 24.2. The molecule has 0 aliphatic carbocycles. The molecule has 0 fully saturated rings. The van der Waals surface area contributed by atoms with Gasteiger partial charge in [-0.1, -0.05) is 29.8 Å². The van der Waals surface area contributed by atoms with E-state index in [1.807, 2.05) is 6.92 Å². The van der Waals surface area contributed by atoms with E-state index >= 15 is 0 Å². The van der Waals surface area contributed by atoms with Gasteiger partial charge in [-0.3, -0.25) is 9.59 Å². The second-order valence-corrected chi connectivity index (χ2v) is 8.02. The number of hydrazone groups is 1. The zero-order valence-electron chi connectivity index (χ0n) is 18.0. The van der Waals surface area contributed by atoms with E-state index < -0.39 is 17.6 Å². The molecule has 10 heteroatoms. The summed E-state index contributed by atoms with van der Waals surface area (Å²) in [5.41, 5.74) is 3.42. The number of nitrogens with one attached hydrogen (secondary N) is 2. The molecule has 7 nitrogen and oxygen atoms in total. The Balaban J connectivity index is 1.56. The minimum atomic E-state index is -0.941. The molecule has 0 bridgehead atoms. The van der Waals surface area contributed by atoms with Crippen molar-refractivity contribution in [3.8, 4) is 11.5 Å². The molecule has 3 aromatic rings. The van der Waals surface area contributed by atoms with Gasteiger partial charge < -0.3 is 14.8 Å². The first-order valence-electron chi connectivity index (χ1n) is 10.1. The molecule has 34 heavy (non-hydrogen) atoms. The number of amides is 2. The molecule has 0 saturated heterocycles. The molecule has 0 radical (unpaired) electrons. The van der Waals surface area contributed by atoms with Gasteiger partial charge in [0.1, 0.15) is 23.9 Å². The Hall–Kier alpha value is -3.43. The second-order valence-electron chi connectivity index (χ2n) is 6.76. The van der Waals surface area contributed by atoms with Gasteiger partial charge in [0.2, 0.25) is 0 Å². The number of hydrogen-bond donors (Lipinski definition) is 2. The predicted octanol–water partition coefficient (Wildman–Crippen LogP) is 5.31. The summed E-state index contributed by atoms with van der Waals surface area (Å²) < 4.78 is 25.5. The van der Waals surface area contributed by atoms with E-state index in [1.54, 1.807) is 48.5 Å². The van der Waals surface area contributed by atoms with Crippen LogP contribution in [0.15, 0.2) is 70.2 Å². The molecule has 2 N–H and O–H groups in total. The molecule has 3 rings (SSSR count). The highest BCUT2D eigenvalue weighted by molar-refractivity contribution is 9.10. The standard InChI is InChI=1S/C24H20BrClFN3O4/c1-2-33-22-9-4-3-8-20(22)29-23(31)24(32)30-28-13-15-10-11-21(17(25)12-15)34-14-16-18(26)6-5-7-19(16)27/h3-13H,2,14H2,1H3,(H,29,31)(H,30,32)/b28-13-. The molecule has 0 aliphatic heterocycles. The van der Waals surface area contributed by atoms with Crippen LogP contribution in [0.2, 0.25) is 5.02 Å².